The maximum absolute atomic E-state index is 14.7. The fraction of sp³-hybridized carbons (Fsp3) is 0.115. The van der Waals surface area contributed by atoms with Gasteiger partial charge in [-0.15, -0.1) is 0 Å². The average molecular weight is 551 g/mol. The summed E-state index contributed by atoms with van der Waals surface area (Å²) in [5.41, 5.74) is 6.47. The number of ether oxygens (including phenoxy) is 1. The van der Waals surface area contributed by atoms with Crippen molar-refractivity contribution in [3.05, 3.63) is 82.7 Å². The van der Waals surface area contributed by atoms with Crippen molar-refractivity contribution in [3.8, 4) is 28.1 Å². The second-order valence-corrected chi connectivity index (χ2v) is 8.72. The number of nitrogens with two attached hydrogens (primary N) is 1. The standard InChI is InChI=1S/C26H17F4N7O3/c1-11(23-18(13-8-34-35-9-13)22(38)19-14(27)3-2-4-17(19)39-23)37-25-20(24(31)32-10-33-25)21(36-37)12-5-6-16(15(28)7-12)40-26(29)30/h2-11,26H,1H3,(H,34,35)(H2,31,32,33). The fourth-order valence-electron chi connectivity index (χ4n) is 4.59. The first-order chi connectivity index (χ1) is 19.2. The number of alkyl halides is 2. The van der Waals surface area contributed by atoms with E-state index in [4.69, 9.17) is 10.2 Å². The number of nitrogens with zero attached hydrogens (tertiary/aromatic N) is 5. The summed E-state index contributed by atoms with van der Waals surface area (Å²) in [6.07, 6.45) is 4.07. The highest BCUT2D eigenvalue weighted by Crippen LogP contribution is 2.37. The molecule has 0 saturated heterocycles. The summed E-state index contributed by atoms with van der Waals surface area (Å²) in [6, 6.07) is 6.54. The lowest BCUT2D eigenvalue weighted by atomic mass is 10.0. The molecule has 0 radical (unpaired) electrons. The number of anilines is 1. The molecule has 1 unspecified atom stereocenters. The fourth-order valence-corrected chi connectivity index (χ4v) is 4.59. The Morgan fingerprint density at radius 2 is 1.90 bits per heavy atom. The predicted molar refractivity (Wildman–Crippen MR) is 136 cm³/mol. The minimum absolute atomic E-state index is 0.0154. The van der Waals surface area contributed by atoms with Crippen molar-refractivity contribution >= 4 is 27.8 Å². The second-order valence-electron chi connectivity index (χ2n) is 8.72. The normalized spacial score (nSPS) is 12.4. The van der Waals surface area contributed by atoms with Crippen molar-refractivity contribution < 1.29 is 26.7 Å². The molecule has 6 rings (SSSR count). The van der Waals surface area contributed by atoms with Crippen LogP contribution in [-0.4, -0.2) is 36.6 Å². The number of aromatic nitrogens is 6. The van der Waals surface area contributed by atoms with Crippen LogP contribution in [0.3, 0.4) is 0 Å². The predicted octanol–water partition coefficient (Wildman–Crippen LogP) is 5.06. The molecule has 0 bridgehead atoms. The van der Waals surface area contributed by atoms with E-state index in [1.165, 1.54) is 41.6 Å². The molecule has 3 N–H and O–H groups in total. The summed E-state index contributed by atoms with van der Waals surface area (Å²) in [4.78, 5) is 21.9. The number of nitrogens with one attached hydrogen (secondary N) is 1. The van der Waals surface area contributed by atoms with E-state index in [1.807, 2.05) is 0 Å². The second kappa shape index (κ2) is 9.48. The largest absolute Gasteiger partial charge is 0.458 e. The van der Waals surface area contributed by atoms with Gasteiger partial charge in [-0.1, -0.05) is 6.07 Å². The van der Waals surface area contributed by atoms with Gasteiger partial charge in [0.15, 0.2) is 17.2 Å². The summed E-state index contributed by atoms with van der Waals surface area (Å²) < 4.78 is 66.2. The lowest BCUT2D eigenvalue weighted by Crippen LogP contribution is -2.16. The van der Waals surface area contributed by atoms with Crippen LogP contribution in [0.4, 0.5) is 23.4 Å². The van der Waals surface area contributed by atoms with Gasteiger partial charge in [-0.05, 0) is 37.3 Å². The molecule has 0 aliphatic carbocycles. The molecule has 0 spiro atoms. The summed E-state index contributed by atoms with van der Waals surface area (Å²) in [7, 11) is 0. The third-order valence-electron chi connectivity index (χ3n) is 6.37. The van der Waals surface area contributed by atoms with Crippen LogP contribution in [0.15, 0.2) is 64.3 Å². The van der Waals surface area contributed by atoms with E-state index in [1.54, 1.807) is 6.92 Å². The molecule has 2 aromatic carbocycles. The quantitative estimate of drug-likeness (QED) is 0.274. The number of benzene rings is 2. The minimum Gasteiger partial charge on any atom is -0.458 e. The highest BCUT2D eigenvalue weighted by Gasteiger charge is 2.28. The molecule has 0 saturated carbocycles. The number of nitrogen functional groups attached to an aromatic ring is 1. The summed E-state index contributed by atoms with van der Waals surface area (Å²) in [5.74, 6) is -2.30. The van der Waals surface area contributed by atoms with Crippen molar-refractivity contribution in [1.82, 2.24) is 29.9 Å². The smallest absolute Gasteiger partial charge is 0.387 e. The first kappa shape index (κ1) is 25.0. The Morgan fingerprint density at radius 1 is 1.07 bits per heavy atom. The van der Waals surface area contributed by atoms with Crippen LogP contribution in [0.5, 0.6) is 5.75 Å². The molecule has 0 fully saturated rings. The number of rotatable bonds is 6. The van der Waals surface area contributed by atoms with Crippen LogP contribution < -0.4 is 15.9 Å². The molecule has 10 nitrogen and oxygen atoms in total. The van der Waals surface area contributed by atoms with Gasteiger partial charge in [-0.25, -0.2) is 23.4 Å². The van der Waals surface area contributed by atoms with E-state index in [2.05, 4.69) is 30.0 Å². The van der Waals surface area contributed by atoms with Gasteiger partial charge >= 0.3 is 6.61 Å². The molecule has 0 aliphatic heterocycles. The maximum atomic E-state index is 14.7. The zero-order chi connectivity index (χ0) is 28.1. The van der Waals surface area contributed by atoms with Crippen LogP contribution in [-0.2, 0) is 0 Å². The molecule has 1 atom stereocenters. The number of aromatic amines is 1. The van der Waals surface area contributed by atoms with E-state index in [9.17, 15) is 22.4 Å². The lowest BCUT2D eigenvalue weighted by Gasteiger charge is -2.16. The third-order valence-corrected chi connectivity index (χ3v) is 6.37. The minimum atomic E-state index is -3.21. The van der Waals surface area contributed by atoms with E-state index in [0.717, 1.165) is 18.2 Å². The van der Waals surface area contributed by atoms with E-state index in [0.29, 0.717) is 5.56 Å². The SMILES string of the molecule is CC(c1oc2cccc(F)c2c(=O)c1-c1cn[nH]c1)n1nc(-c2ccc(OC(F)F)c(F)c2)c2c(N)ncnc21. The summed E-state index contributed by atoms with van der Waals surface area (Å²) in [6.45, 7) is -1.54. The molecule has 0 aliphatic rings. The molecule has 4 heterocycles. The summed E-state index contributed by atoms with van der Waals surface area (Å²) >= 11 is 0. The van der Waals surface area contributed by atoms with Crippen LogP contribution in [0.1, 0.15) is 18.7 Å². The number of H-pyrrole nitrogens is 1. The Balaban J connectivity index is 1.58. The van der Waals surface area contributed by atoms with Crippen LogP contribution >= 0.6 is 0 Å². The zero-order valence-corrected chi connectivity index (χ0v) is 20.4. The lowest BCUT2D eigenvalue weighted by molar-refractivity contribution is -0.0521. The molecule has 4 aromatic heterocycles. The van der Waals surface area contributed by atoms with Crippen molar-refractivity contribution in [1.29, 1.82) is 0 Å². The molecule has 202 valence electrons. The number of hydrogen-bond donors (Lipinski definition) is 2. The Hall–Kier alpha value is -5.27. The number of hydrogen-bond acceptors (Lipinski definition) is 8. The van der Waals surface area contributed by atoms with Gasteiger partial charge in [0.05, 0.1) is 17.1 Å². The monoisotopic (exact) mass is 551 g/mol. The van der Waals surface area contributed by atoms with Gasteiger partial charge < -0.3 is 14.9 Å². The van der Waals surface area contributed by atoms with Gasteiger partial charge in [0.25, 0.3) is 0 Å². The van der Waals surface area contributed by atoms with E-state index >= 15 is 0 Å². The van der Waals surface area contributed by atoms with Crippen LogP contribution in [0.2, 0.25) is 0 Å². The van der Waals surface area contributed by atoms with Gasteiger partial charge in [-0.3, -0.25) is 9.89 Å². The zero-order valence-electron chi connectivity index (χ0n) is 20.4. The number of fused-ring (bicyclic) bond motifs is 2. The Kier molecular flexibility index (Phi) is 5.93. The van der Waals surface area contributed by atoms with E-state index < -0.39 is 35.5 Å². The molecular weight excluding hydrogens is 534 g/mol. The first-order valence-electron chi connectivity index (χ1n) is 11.7. The van der Waals surface area contributed by atoms with Crippen LogP contribution in [0, 0.1) is 11.6 Å². The van der Waals surface area contributed by atoms with Crippen molar-refractivity contribution in [2.24, 2.45) is 0 Å². The topological polar surface area (TPSA) is 138 Å². The van der Waals surface area contributed by atoms with Crippen molar-refractivity contribution in [3.63, 3.8) is 0 Å². The molecular formula is C26H17F4N7O3. The van der Waals surface area contributed by atoms with Crippen LogP contribution in [0.25, 0.3) is 44.4 Å². The molecule has 0 amide bonds. The Morgan fingerprint density at radius 3 is 2.62 bits per heavy atom. The van der Waals surface area contributed by atoms with Gasteiger partial charge in [0.1, 0.15) is 46.4 Å². The van der Waals surface area contributed by atoms with Crippen molar-refractivity contribution in [2.45, 2.75) is 19.6 Å². The highest BCUT2D eigenvalue weighted by molar-refractivity contribution is 5.98. The van der Waals surface area contributed by atoms with Gasteiger partial charge in [0, 0.05) is 17.3 Å². The molecule has 40 heavy (non-hydrogen) atoms. The summed E-state index contributed by atoms with van der Waals surface area (Å²) in [5, 5.41) is 11.1. The Bertz CT molecular complexity index is 1950. The average Bonchev–Trinajstić information content (AvgIpc) is 3.58. The van der Waals surface area contributed by atoms with Gasteiger partial charge in [-0.2, -0.15) is 19.0 Å². The van der Waals surface area contributed by atoms with E-state index in [-0.39, 0.29) is 50.4 Å². The number of halogens is 4. The first-order valence-corrected chi connectivity index (χ1v) is 11.7. The molecule has 6 aromatic rings. The maximum Gasteiger partial charge on any atom is 0.387 e. The third kappa shape index (κ3) is 4.00. The van der Waals surface area contributed by atoms with Gasteiger partial charge in [0.2, 0.25) is 5.43 Å². The molecule has 14 heteroatoms. The van der Waals surface area contributed by atoms with Crippen molar-refractivity contribution in [2.75, 3.05) is 5.73 Å². The Labute approximate surface area is 221 Å². The highest BCUT2D eigenvalue weighted by atomic mass is 19.3.